The van der Waals surface area contributed by atoms with Gasteiger partial charge in [-0.2, -0.15) is 0 Å². The van der Waals surface area contributed by atoms with Gasteiger partial charge in [0.1, 0.15) is 18.2 Å². The third-order valence-corrected chi connectivity index (χ3v) is 3.62. The van der Waals surface area contributed by atoms with Crippen molar-refractivity contribution in [2.45, 2.75) is 58.8 Å². The van der Waals surface area contributed by atoms with Crippen LogP contribution in [-0.4, -0.2) is 48.2 Å². The molecule has 1 unspecified atom stereocenters. The molecule has 0 bridgehead atoms. The molecule has 27 heavy (non-hydrogen) atoms. The van der Waals surface area contributed by atoms with E-state index in [0.717, 1.165) is 5.56 Å². The van der Waals surface area contributed by atoms with Crippen molar-refractivity contribution in [3.63, 3.8) is 0 Å². The van der Waals surface area contributed by atoms with E-state index in [-0.39, 0.29) is 25.6 Å². The Balaban J connectivity index is 2.25. The monoisotopic (exact) mass is 379 g/mol. The SMILES string of the molecule is CC(C(=O)OCCCC(=O)OCc1ccccc1)N(C)C(=O)OC(C)(C)C. The summed E-state index contributed by atoms with van der Waals surface area (Å²) in [5.41, 5.74) is 0.269. The highest BCUT2D eigenvalue weighted by Crippen LogP contribution is 2.11. The van der Waals surface area contributed by atoms with Crippen LogP contribution in [0.5, 0.6) is 0 Å². The lowest BCUT2D eigenvalue weighted by Crippen LogP contribution is -2.43. The van der Waals surface area contributed by atoms with Crippen molar-refractivity contribution in [3.05, 3.63) is 35.9 Å². The number of amides is 1. The molecule has 1 aromatic rings. The number of rotatable bonds is 8. The van der Waals surface area contributed by atoms with E-state index in [1.54, 1.807) is 27.7 Å². The maximum Gasteiger partial charge on any atom is 0.410 e. The zero-order valence-corrected chi connectivity index (χ0v) is 16.7. The van der Waals surface area contributed by atoms with Gasteiger partial charge in [-0.1, -0.05) is 30.3 Å². The summed E-state index contributed by atoms with van der Waals surface area (Å²) < 4.78 is 15.5. The smallest absolute Gasteiger partial charge is 0.410 e. The van der Waals surface area contributed by atoms with Crippen molar-refractivity contribution in [1.82, 2.24) is 4.90 Å². The molecule has 1 aromatic carbocycles. The fourth-order valence-electron chi connectivity index (χ4n) is 1.97. The number of carbonyl (C=O) groups is 3. The first-order valence-corrected chi connectivity index (χ1v) is 8.92. The Bertz CT molecular complexity index is 623. The van der Waals surface area contributed by atoms with Gasteiger partial charge in [0.25, 0.3) is 0 Å². The molecule has 0 saturated heterocycles. The first-order valence-electron chi connectivity index (χ1n) is 8.92. The second-order valence-corrected chi connectivity index (χ2v) is 7.18. The summed E-state index contributed by atoms with van der Waals surface area (Å²) in [4.78, 5) is 36.8. The van der Waals surface area contributed by atoms with Crippen molar-refractivity contribution >= 4 is 18.0 Å². The number of benzene rings is 1. The maximum atomic E-state index is 12.0. The van der Waals surface area contributed by atoms with Crippen molar-refractivity contribution in [1.29, 1.82) is 0 Å². The van der Waals surface area contributed by atoms with Crippen molar-refractivity contribution in [2.75, 3.05) is 13.7 Å². The average Bonchev–Trinajstić information content (AvgIpc) is 2.61. The summed E-state index contributed by atoms with van der Waals surface area (Å²) in [6.45, 7) is 7.10. The minimum Gasteiger partial charge on any atom is -0.464 e. The molecular formula is C20H29NO6. The Kier molecular flexibility index (Phi) is 8.78. The van der Waals surface area contributed by atoms with Gasteiger partial charge in [-0.3, -0.25) is 9.69 Å². The molecule has 0 radical (unpaired) electrons. The third kappa shape index (κ3) is 9.08. The van der Waals surface area contributed by atoms with Gasteiger partial charge in [-0.25, -0.2) is 9.59 Å². The van der Waals surface area contributed by atoms with Gasteiger partial charge in [0.15, 0.2) is 0 Å². The molecule has 7 heteroatoms. The molecule has 0 spiro atoms. The summed E-state index contributed by atoms with van der Waals surface area (Å²) in [5.74, 6) is -0.908. The minimum absolute atomic E-state index is 0.0752. The predicted molar refractivity (Wildman–Crippen MR) is 99.9 cm³/mol. The lowest BCUT2D eigenvalue weighted by molar-refractivity contribution is -0.151. The summed E-state index contributed by atoms with van der Waals surface area (Å²) in [7, 11) is 1.47. The van der Waals surface area contributed by atoms with E-state index in [1.165, 1.54) is 11.9 Å². The van der Waals surface area contributed by atoms with Crippen LogP contribution in [0.15, 0.2) is 30.3 Å². The lowest BCUT2D eigenvalue weighted by Gasteiger charge is -2.27. The predicted octanol–water partition coefficient (Wildman–Crippen LogP) is 3.31. The number of nitrogens with zero attached hydrogens (tertiary/aromatic N) is 1. The Hall–Kier alpha value is -2.57. The lowest BCUT2D eigenvalue weighted by atomic mass is 10.2. The van der Waals surface area contributed by atoms with Crippen LogP contribution < -0.4 is 0 Å². The molecule has 1 rings (SSSR count). The molecule has 1 amide bonds. The average molecular weight is 379 g/mol. The molecular weight excluding hydrogens is 350 g/mol. The van der Waals surface area contributed by atoms with Gasteiger partial charge in [-0.15, -0.1) is 0 Å². The molecule has 0 aromatic heterocycles. The van der Waals surface area contributed by atoms with E-state index < -0.39 is 23.7 Å². The zero-order chi connectivity index (χ0) is 20.4. The van der Waals surface area contributed by atoms with E-state index >= 15 is 0 Å². The molecule has 0 aliphatic heterocycles. The fraction of sp³-hybridized carbons (Fsp3) is 0.550. The zero-order valence-electron chi connectivity index (χ0n) is 16.7. The second kappa shape index (κ2) is 10.5. The molecule has 1 atom stereocenters. The molecule has 150 valence electrons. The highest BCUT2D eigenvalue weighted by Gasteiger charge is 2.27. The van der Waals surface area contributed by atoms with E-state index in [9.17, 15) is 14.4 Å². The first kappa shape index (κ1) is 22.5. The van der Waals surface area contributed by atoms with E-state index in [4.69, 9.17) is 14.2 Å². The Labute approximate surface area is 160 Å². The first-order chi connectivity index (χ1) is 12.6. The molecule has 0 aliphatic rings. The van der Waals surface area contributed by atoms with Gasteiger partial charge >= 0.3 is 18.0 Å². The molecule has 0 N–H and O–H groups in total. The van der Waals surface area contributed by atoms with Crippen molar-refractivity contribution < 1.29 is 28.6 Å². The van der Waals surface area contributed by atoms with Gasteiger partial charge in [0.2, 0.25) is 0 Å². The summed E-state index contributed by atoms with van der Waals surface area (Å²) in [5, 5.41) is 0. The van der Waals surface area contributed by atoms with Crippen LogP contribution in [0.25, 0.3) is 0 Å². The Morgan fingerprint density at radius 2 is 1.70 bits per heavy atom. The van der Waals surface area contributed by atoms with Crippen LogP contribution in [0.4, 0.5) is 4.79 Å². The second-order valence-electron chi connectivity index (χ2n) is 7.18. The van der Waals surface area contributed by atoms with E-state index in [2.05, 4.69) is 0 Å². The molecule has 0 fully saturated rings. The molecule has 7 nitrogen and oxygen atoms in total. The number of ether oxygens (including phenoxy) is 3. The highest BCUT2D eigenvalue weighted by molar-refractivity contribution is 5.81. The number of likely N-dealkylation sites (N-methyl/N-ethyl adjacent to an activating group) is 1. The summed E-state index contributed by atoms with van der Waals surface area (Å²) in [6.07, 6.45) is -0.102. The van der Waals surface area contributed by atoms with Crippen LogP contribution in [-0.2, 0) is 30.4 Å². The van der Waals surface area contributed by atoms with Crippen LogP contribution in [0.3, 0.4) is 0 Å². The van der Waals surface area contributed by atoms with Crippen molar-refractivity contribution in [2.24, 2.45) is 0 Å². The van der Waals surface area contributed by atoms with Crippen LogP contribution in [0.2, 0.25) is 0 Å². The van der Waals surface area contributed by atoms with E-state index in [1.807, 2.05) is 30.3 Å². The van der Waals surface area contributed by atoms with Gasteiger partial charge in [0, 0.05) is 13.5 Å². The molecule has 0 aliphatic carbocycles. The van der Waals surface area contributed by atoms with Crippen molar-refractivity contribution in [3.8, 4) is 0 Å². The number of carbonyl (C=O) groups excluding carboxylic acids is 3. The highest BCUT2D eigenvalue weighted by atomic mass is 16.6. The molecule has 0 heterocycles. The Morgan fingerprint density at radius 1 is 1.07 bits per heavy atom. The standard InChI is InChI=1S/C20H29NO6/c1-15(21(5)19(24)27-20(2,3)4)18(23)25-13-9-12-17(22)26-14-16-10-7-6-8-11-16/h6-8,10-11,15H,9,12-14H2,1-5H3. The number of esters is 2. The van der Waals surface area contributed by atoms with Crippen LogP contribution in [0.1, 0.15) is 46.1 Å². The maximum absolute atomic E-state index is 12.0. The summed E-state index contributed by atoms with van der Waals surface area (Å²) in [6, 6.07) is 8.59. The molecule has 0 saturated carbocycles. The fourth-order valence-corrected chi connectivity index (χ4v) is 1.97. The quantitative estimate of drug-likeness (QED) is 0.391. The van der Waals surface area contributed by atoms with E-state index in [0.29, 0.717) is 6.42 Å². The van der Waals surface area contributed by atoms with Gasteiger partial charge < -0.3 is 14.2 Å². The minimum atomic E-state index is -0.787. The Morgan fingerprint density at radius 3 is 2.30 bits per heavy atom. The van der Waals surface area contributed by atoms with Gasteiger partial charge in [0.05, 0.1) is 6.61 Å². The largest absolute Gasteiger partial charge is 0.464 e. The summed E-state index contributed by atoms with van der Waals surface area (Å²) >= 11 is 0. The number of hydrogen-bond acceptors (Lipinski definition) is 6. The van der Waals surface area contributed by atoms with Crippen LogP contribution >= 0.6 is 0 Å². The normalized spacial score (nSPS) is 12.0. The topological polar surface area (TPSA) is 82.1 Å². The van der Waals surface area contributed by atoms with Crippen LogP contribution in [0, 0.1) is 0 Å². The number of hydrogen-bond donors (Lipinski definition) is 0. The third-order valence-electron chi connectivity index (χ3n) is 3.62. The van der Waals surface area contributed by atoms with Gasteiger partial charge in [-0.05, 0) is 39.7 Å².